The minimum Gasteiger partial charge on any atom is -0.481 e. The number of carboxylic acid groups (broad SMARTS) is 1. The topological polar surface area (TPSA) is 163 Å². The second kappa shape index (κ2) is 17.4. The number of hydrogen-bond donors (Lipinski definition) is 3. The van der Waals surface area contributed by atoms with Crippen molar-refractivity contribution in [2.75, 3.05) is 20.2 Å². The van der Waals surface area contributed by atoms with Gasteiger partial charge in [-0.15, -0.1) is 0 Å². The predicted molar refractivity (Wildman–Crippen MR) is 224 cm³/mol. The van der Waals surface area contributed by atoms with E-state index in [0.29, 0.717) is 75.9 Å². The first kappa shape index (κ1) is 41.7. The van der Waals surface area contributed by atoms with Crippen LogP contribution < -0.4 is 15.4 Å². The van der Waals surface area contributed by atoms with Crippen molar-refractivity contribution in [3.05, 3.63) is 87.5 Å². The summed E-state index contributed by atoms with van der Waals surface area (Å²) in [5, 5.41) is 16.6. The van der Waals surface area contributed by atoms with Crippen molar-refractivity contribution in [3.8, 4) is 39.5 Å². The van der Waals surface area contributed by atoms with Gasteiger partial charge in [-0.3, -0.25) is 19.5 Å². The highest BCUT2D eigenvalue weighted by Gasteiger charge is 2.36. The van der Waals surface area contributed by atoms with Gasteiger partial charge < -0.3 is 30.1 Å². The largest absolute Gasteiger partial charge is 0.481 e. The molecule has 15 heteroatoms. The number of ether oxygens (including phenoxy) is 2. The predicted octanol–water partition coefficient (Wildman–Crippen LogP) is 8.44. The highest BCUT2D eigenvalue weighted by Crippen LogP contribution is 2.43. The monoisotopic (exact) mass is 842 g/mol. The van der Waals surface area contributed by atoms with Gasteiger partial charge in [-0.25, -0.2) is 14.6 Å². The number of methoxy groups -OCH3 is 1. The van der Waals surface area contributed by atoms with E-state index in [1.165, 1.54) is 12.0 Å². The maximum atomic E-state index is 13.7. The summed E-state index contributed by atoms with van der Waals surface area (Å²) < 4.78 is 11.5. The molecule has 4 heterocycles. The number of carbonyl (C=O) groups is 4. The van der Waals surface area contributed by atoms with Crippen LogP contribution in [0.2, 0.25) is 10.0 Å². The van der Waals surface area contributed by atoms with Crippen LogP contribution in [0.3, 0.4) is 0 Å². The van der Waals surface area contributed by atoms with Crippen LogP contribution in [-0.2, 0) is 27.3 Å². The quantitative estimate of drug-likeness (QED) is 0.135. The van der Waals surface area contributed by atoms with E-state index in [1.807, 2.05) is 69.3 Å². The van der Waals surface area contributed by atoms with Gasteiger partial charge in [0.15, 0.2) is 0 Å². The third kappa shape index (κ3) is 9.42. The van der Waals surface area contributed by atoms with Crippen molar-refractivity contribution in [1.82, 2.24) is 30.4 Å². The molecule has 4 aromatic rings. The van der Waals surface area contributed by atoms with E-state index in [9.17, 15) is 24.3 Å². The van der Waals surface area contributed by atoms with E-state index in [2.05, 4.69) is 10.6 Å². The first-order chi connectivity index (χ1) is 28.2. The molecule has 4 amide bonds. The Morgan fingerprint density at radius 3 is 1.93 bits per heavy atom. The molecule has 0 spiro atoms. The number of fused-ring (bicyclic) bond motifs is 1. The van der Waals surface area contributed by atoms with Gasteiger partial charge in [-0.2, -0.15) is 0 Å². The third-order valence-corrected chi connectivity index (χ3v) is 11.7. The van der Waals surface area contributed by atoms with Gasteiger partial charge in [-0.1, -0.05) is 65.7 Å². The number of aryl methyl sites for hydroxylation is 1. The smallest absolute Gasteiger partial charge is 0.410 e. The summed E-state index contributed by atoms with van der Waals surface area (Å²) in [4.78, 5) is 62.4. The molecule has 0 radical (unpaired) electrons. The summed E-state index contributed by atoms with van der Waals surface area (Å²) in [7, 11) is 1.48. The van der Waals surface area contributed by atoms with E-state index in [-0.39, 0.29) is 48.9 Å². The first-order valence-corrected chi connectivity index (χ1v) is 20.6. The van der Waals surface area contributed by atoms with Crippen LogP contribution in [0.15, 0.2) is 60.7 Å². The first-order valence-electron chi connectivity index (χ1n) is 19.9. The second-order valence-electron chi connectivity index (χ2n) is 16.2. The van der Waals surface area contributed by atoms with E-state index in [4.69, 9.17) is 42.6 Å². The van der Waals surface area contributed by atoms with E-state index in [0.717, 1.165) is 36.1 Å². The fourth-order valence-corrected chi connectivity index (χ4v) is 8.75. The maximum Gasteiger partial charge on any atom is 0.410 e. The molecule has 2 fully saturated rings. The Kier molecular flexibility index (Phi) is 12.3. The van der Waals surface area contributed by atoms with Crippen LogP contribution in [0.4, 0.5) is 9.59 Å². The van der Waals surface area contributed by atoms with Crippen molar-refractivity contribution < 1.29 is 33.8 Å². The van der Waals surface area contributed by atoms with Crippen molar-refractivity contribution >= 4 is 47.2 Å². The molecular formula is C44H48Cl2N6O7. The number of rotatable bonds is 11. The van der Waals surface area contributed by atoms with E-state index in [1.54, 1.807) is 17.0 Å². The lowest BCUT2D eigenvalue weighted by molar-refractivity contribution is -0.120. The van der Waals surface area contributed by atoms with Crippen LogP contribution in [0.1, 0.15) is 82.2 Å². The molecule has 13 nitrogen and oxygen atoms in total. The summed E-state index contributed by atoms with van der Waals surface area (Å²) in [5.74, 6) is 0.160. The highest BCUT2D eigenvalue weighted by molar-refractivity contribution is 6.39. The Hall–Kier alpha value is -5.40. The lowest BCUT2D eigenvalue weighted by Gasteiger charge is -2.37. The molecule has 2 aromatic heterocycles. The average Bonchev–Trinajstić information content (AvgIpc) is 3.82. The van der Waals surface area contributed by atoms with Gasteiger partial charge in [0.25, 0.3) is 0 Å². The Labute approximate surface area is 353 Å². The number of carbonyl (C=O) groups excluding carboxylic acids is 3. The van der Waals surface area contributed by atoms with E-state index < -0.39 is 17.8 Å². The number of nitrogens with one attached hydrogen (secondary N) is 2. The highest BCUT2D eigenvalue weighted by atomic mass is 35.5. The van der Waals surface area contributed by atoms with Crippen LogP contribution in [0, 0.1) is 0 Å². The van der Waals surface area contributed by atoms with Gasteiger partial charge >= 0.3 is 12.2 Å². The molecule has 0 bridgehead atoms. The number of aromatic nitrogens is 2. The molecule has 1 aliphatic carbocycles. The molecule has 2 saturated heterocycles. The van der Waals surface area contributed by atoms with Crippen molar-refractivity contribution in [1.29, 1.82) is 0 Å². The van der Waals surface area contributed by atoms with Crippen LogP contribution in [-0.4, -0.2) is 86.8 Å². The fourth-order valence-electron chi connectivity index (χ4n) is 8.10. The summed E-state index contributed by atoms with van der Waals surface area (Å²) in [5.41, 5.74) is 5.64. The van der Waals surface area contributed by atoms with Crippen LogP contribution in [0.5, 0.6) is 5.88 Å². The molecule has 3 N–H and O–H groups in total. The Bertz CT molecular complexity index is 2280. The summed E-state index contributed by atoms with van der Waals surface area (Å²) in [6.07, 6.45) is 2.80. The van der Waals surface area contributed by atoms with Gasteiger partial charge in [0.2, 0.25) is 17.7 Å². The summed E-state index contributed by atoms with van der Waals surface area (Å²) >= 11 is 14.4. The van der Waals surface area contributed by atoms with Gasteiger partial charge in [0.05, 0.1) is 41.1 Å². The lowest BCUT2D eigenvalue weighted by Crippen LogP contribution is -2.46. The summed E-state index contributed by atoms with van der Waals surface area (Å²) in [6.45, 7) is 6.05. The number of hydrogen-bond acceptors (Lipinski definition) is 8. The normalized spacial score (nSPS) is 18.8. The molecule has 1 unspecified atom stereocenters. The standard InChI is InChI=1S/C44H48Cl2N6O7/c1-44(2,3)59-43(57)52(24-27-16-21-38(54)48-27)36-13-7-12-33-30(36)17-19-34(49-33)31-10-5-8-28(39(31)45)29-9-6-11-32(40(29)46)35-18-14-25(41(50-35)58-4)22-51(42(55)56)23-26-15-20-37(53)47-26/h5-6,8-11,14,17-19,26-27,36H,7,12-13,15-16,20-24H2,1-4H3,(H,47,53)(H,48,54)(H,55,56)/t26-,27-,36?/m0/s1. The number of pyridine rings is 2. The molecule has 3 atom stereocenters. The molecule has 2 aromatic carbocycles. The number of halogens is 2. The fraction of sp³-hybridized carbons (Fsp3) is 0.409. The SMILES string of the molecule is COc1nc(-c2cccc(-c3cccc(-c4ccc5c(n4)CCCC5N(C[C@@H]4CCC(=O)N4)C(=O)OC(C)(C)C)c3Cl)c2Cl)ccc1CN(C[C@@H]1CCC(=O)N1)C(=O)O. The molecule has 59 heavy (non-hydrogen) atoms. The zero-order valence-electron chi connectivity index (χ0n) is 33.5. The van der Waals surface area contributed by atoms with Gasteiger partial charge in [-0.05, 0) is 76.6 Å². The van der Waals surface area contributed by atoms with Gasteiger partial charge in [0, 0.05) is 71.5 Å². The van der Waals surface area contributed by atoms with Crippen molar-refractivity contribution in [2.24, 2.45) is 0 Å². The zero-order chi connectivity index (χ0) is 42.0. The Balaban J connectivity index is 1.15. The average molecular weight is 844 g/mol. The number of benzene rings is 2. The number of amides is 4. The number of nitrogens with zero attached hydrogens (tertiary/aromatic N) is 4. The lowest BCUT2D eigenvalue weighted by atomic mass is 9.89. The maximum absolute atomic E-state index is 13.7. The molecular weight excluding hydrogens is 795 g/mol. The molecule has 310 valence electrons. The van der Waals surface area contributed by atoms with Crippen molar-refractivity contribution in [3.63, 3.8) is 0 Å². The Morgan fingerprint density at radius 1 is 0.797 bits per heavy atom. The third-order valence-electron chi connectivity index (χ3n) is 10.9. The van der Waals surface area contributed by atoms with Crippen LogP contribution in [0.25, 0.3) is 33.6 Å². The summed E-state index contributed by atoms with van der Waals surface area (Å²) in [6, 6.07) is 18.2. The minimum atomic E-state index is -1.11. The molecule has 0 saturated carbocycles. The second-order valence-corrected chi connectivity index (χ2v) is 17.0. The molecule has 2 aliphatic heterocycles. The molecule has 7 rings (SSSR count). The van der Waals surface area contributed by atoms with E-state index >= 15 is 0 Å². The minimum absolute atomic E-state index is 0.0109. The molecule has 3 aliphatic rings. The van der Waals surface area contributed by atoms with Crippen LogP contribution >= 0.6 is 23.2 Å². The van der Waals surface area contributed by atoms with Crippen molar-refractivity contribution in [2.45, 2.75) is 96.0 Å². The Morgan fingerprint density at radius 2 is 1.37 bits per heavy atom. The van der Waals surface area contributed by atoms with Gasteiger partial charge in [0.1, 0.15) is 5.60 Å². The zero-order valence-corrected chi connectivity index (χ0v) is 35.0.